The van der Waals surface area contributed by atoms with Crippen molar-refractivity contribution in [2.75, 3.05) is 5.32 Å². The summed E-state index contributed by atoms with van der Waals surface area (Å²) < 4.78 is 0. The van der Waals surface area contributed by atoms with E-state index in [1.807, 2.05) is 38.1 Å². The van der Waals surface area contributed by atoms with Crippen LogP contribution in [-0.2, 0) is 12.1 Å². The largest absolute Gasteiger partial charge is 0.465 e. The number of nitriles is 1. The second-order valence-corrected chi connectivity index (χ2v) is 6.50. The first-order valence-electron chi connectivity index (χ1n) is 7.94. The molecule has 0 saturated carbocycles. The molecule has 9 nitrogen and oxygen atoms in total. The molecule has 1 aliphatic rings. The first-order valence-corrected chi connectivity index (χ1v) is 7.94. The molecule has 0 spiro atoms. The Morgan fingerprint density at radius 2 is 2.12 bits per heavy atom. The molecule has 0 bridgehead atoms. The van der Waals surface area contributed by atoms with Crippen molar-refractivity contribution in [3.63, 3.8) is 0 Å². The molecule has 0 radical (unpaired) electrons. The van der Waals surface area contributed by atoms with Crippen LogP contribution in [0.5, 0.6) is 0 Å². The van der Waals surface area contributed by atoms with Gasteiger partial charge < -0.3 is 10.4 Å². The first-order chi connectivity index (χ1) is 12.4. The van der Waals surface area contributed by atoms with Crippen molar-refractivity contribution >= 4 is 28.6 Å². The fourth-order valence-electron chi connectivity index (χ4n) is 3.26. The van der Waals surface area contributed by atoms with E-state index >= 15 is 0 Å². The van der Waals surface area contributed by atoms with Crippen LogP contribution in [0.1, 0.15) is 30.9 Å². The van der Waals surface area contributed by atoms with Crippen LogP contribution in [0.4, 0.5) is 16.4 Å². The second-order valence-electron chi connectivity index (χ2n) is 6.50. The van der Waals surface area contributed by atoms with Crippen LogP contribution in [0.15, 0.2) is 24.3 Å². The Kier molecular flexibility index (Phi) is 3.30. The quantitative estimate of drug-likeness (QED) is 0.648. The number of aromatic amines is 1. The number of nitrogens with one attached hydrogen (secondary N) is 2. The van der Waals surface area contributed by atoms with E-state index in [9.17, 15) is 15.2 Å². The summed E-state index contributed by atoms with van der Waals surface area (Å²) in [6.45, 7) is 3.86. The Labute approximate surface area is 148 Å². The van der Waals surface area contributed by atoms with Gasteiger partial charge in [0.05, 0.1) is 23.3 Å². The zero-order valence-electron chi connectivity index (χ0n) is 14.1. The summed E-state index contributed by atoms with van der Waals surface area (Å²) in [6.07, 6.45) is -0.996. The van der Waals surface area contributed by atoms with Crippen molar-refractivity contribution in [1.29, 1.82) is 5.26 Å². The first kappa shape index (κ1) is 15.8. The normalized spacial score (nSPS) is 14.9. The summed E-state index contributed by atoms with van der Waals surface area (Å²) in [7, 11) is 0. The van der Waals surface area contributed by atoms with Crippen LogP contribution in [-0.4, -0.2) is 36.3 Å². The van der Waals surface area contributed by atoms with Gasteiger partial charge in [0.15, 0.2) is 5.82 Å². The molecule has 3 aromatic rings. The van der Waals surface area contributed by atoms with Crippen LogP contribution < -0.4 is 5.32 Å². The van der Waals surface area contributed by atoms with Gasteiger partial charge in [0.25, 0.3) is 0 Å². The lowest BCUT2D eigenvalue weighted by Gasteiger charge is -2.28. The summed E-state index contributed by atoms with van der Waals surface area (Å²) in [5.74, 6) is 0.989. The van der Waals surface area contributed by atoms with Gasteiger partial charge in [0.2, 0.25) is 5.82 Å². The van der Waals surface area contributed by atoms with Gasteiger partial charge >= 0.3 is 6.09 Å². The Hall–Kier alpha value is -3.67. The third-order valence-electron chi connectivity index (χ3n) is 4.64. The maximum atomic E-state index is 11.5. The SMILES string of the molecule is CC1(C)c2[nH]nc(Nc3nc(C#N)nc4ccccc34)c2CN1C(=O)O. The fraction of sp³-hybridized carbons (Fsp3) is 0.235. The number of amides is 1. The lowest BCUT2D eigenvalue weighted by Crippen LogP contribution is -2.39. The molecular weight excluding hydrogens is 334 g/mol. The zero-order chi connectivity index (χ0) is 18.5. The maximum absolute atomic E-state index is 11.5. The third kappa shape index (κ3) is 2.23. The lowest BCUT2D eigenvalue weighted by atomic mass is 10.0. The van der Waals surface area contributed by atoms with Gasteiger partial charge in [-0.15, -0.1) is 0 Å². The van der Waals surface area contributed by atoms with Crippen molar-refractivity contribution in [3.05, 3.63) is 41.3 Å². The number of H-pyrrole nitrogens is 1. The number of para-hydroxylation sites is 1. The van der Waals surface area contributed by atoms with Gasteiger partial charge in [-0.05, 0) is 26.0 Å². The average Bonchev–Trinajstić information content (AvgIpc) is 3.13. The molecule has 1 amide bonds. The molecule has 0 unspecified atom stereocenters. The summed E-state index contributed by atoms with van der Waals surface area (Å²) in [5.41, 5.74) is 1.43. The summed E-state index contributed by atoms with van der Waals surface area (Å²) in [4.78, 5) is 21.3. The highest BCUT2D eigenvalue weighted by molar-refractivity contribution is 5.91. The molecule has 130 valence electrons. The lowest BCUT2D eigenvalue weighted by molar-refractivity contribution is 0.0978. The predicted molar refractivity (Wildman–Crippen MR) is 92.7 cm³/mol. The van der Waals surface area contributed by atoms with E-state index in [2.05, 4.69) is 25.5 Å². The average molecular weight is 349 g/mol. The van der Waals surface area contributed by atoms with E-state index in [-0.39, 0.29) is 12.4 Å². The number of benzene rings is 1. The number of hydrogen-bond acceptors (Lipinski definition) is 6. The van der Waals surface area contributed by atoms with Crippen molar-refractivity contribution in [2.45, 2.75) is 25.9 Å². The highest BCUT2D eigenvalue weighted by atomic mass is 16.4. The van der Waals surface area contributed by atoms with Crippen LogP contribution in [0.3, 0.4) is 0 Å². The van der Waals surface area contributed by atoms with Gasteiger partial charge in [-0.25, -0.2) is 14.8 Å². The van der Waals surface area contributed by atoms with E-state index in [0.29, 0.717) is 17.2 Å². The fourth-order valence-corrected chi connectivity index (χ4v) is 3.26. The summed E-state index contributed by atoms with van der Waals surface area (Å²) in [5, 5.41) is 29.7. The van der Waals surface area contributed by atoms with E-state index < -0.39 is 11.6 Å². The molecule has 0 atom stereocenters. The highest BCUT2D eigenvalue weighted by Gasteiger charge is 2.43. The monoisotopic (exact) mass is 349 g/mol. The summed E-state index contributed by atoms with van der Waals surface area (Å²) in [6, 6.07) is 9.28. The molecule has 2 aromatic heterocycles. The number of fused-ring (bicyclic) bond motifs is 2. The summed E-state index contributed by atoms with van der Waals surface area (Å²) >= 11 is 0. The predicted octanol–water partition coefficient (Wildman–Crippen LogP) is 2.70. The smallest absolute Gasteiger partial charge is 0.408 e. The molecule has 3 N–H and O–H groups in total. The van der Waals surface area contributed by atoms with Gasteiger partial charge in [-0.3, -0.25) is 10.00 Å². The number of aromatic nitrogens is 4. The minimum Gasteiger partial charge on any atom is -0.465 e. The standard InChI is InChI=1S/C17H15N7O2/c1-17(2)13-10(8-24(17)16(25)26)15(23-22-13)21-14-9-5-3-4-6-11(9)19-12(7-18)20-14/h3-6H,8H2,1-2H3,(H,25,26)(H2,19,20,21,22,23). The molecule has 26 heavy (non-hydrogen) atoms. The number of carboxylic acid groups (broad SMARTS) is 1. The number of carbonyl (C=O) groups is 1. The molecule has 4 rings (SSSR count). The molecule has 1 aliphatic heterocycles. The topological polar surface area (TPSA) is 131 Å². The molecule has 0 aliphatic carbocycles. The third-order valence-corrected chi connectivity index (χ3v) is 4.64. The van der Waals surface area contributed by atoms with Crippen LogP contribution in [0, 0.1) is 11.3 Å². The molecule has 9 heteroatoms. The molecular formula is C17H15N7O2. The minimum atomic E-state index is -0.996. The molecule has 3 heterocycles. The Bertz CT molecular complexity index is 1080. The number of rotatable bonds is 2. The van der Waals surface area contributed by atoms with E-state index in [1.54, 1.807) is 6.07 Å². The number of anilines is 2. The van der Waals surface area contributed by atoms with Gasteiger partial charge in [0.1, 0.15) is 11.9 Å². The highest BCUT2D eigenvalue weighted by Crippen LogP contribution is 2.41. The minimum absolute atomic E-state index is 0.0471. The Morgan fingerprint density at radius 1 is 1.35 bits per heavy atom. The van der Waals surface area contributed by atoms with Crippen molar-refractivity contribution in [1.82, 2.24) is 25.1 Å². The van der Waals surface area contributed by atoms with E-state index in [0.717, 1.165) is 16.6 Å². The van der Waals surface area contributed by atoms with Crippen molar-refractivity contribution in [3.8, 4) is 6.07 Å². The van der Waals surface area contributed by atoms with Crippen molar-refractivity contribution < 1.29 is 9.90 Å². The molecule has 1 aromatic carbocycles. The molecule has 0 fully saturated rings. The van der Waals surface area contributed by atoms with Gasteiger partial charge in [-0.1, -0.05) is 12.1 Å². The molecule has 0 saturated heterocycles. The maximum Gasteiger partial charge on any atom is 0.408 e. The number of nitrogens with zero attached hydrogens (tertiary/aromatic N) is 5. The van der Waals surface area contributed by atoms with Crippen LogP contribution >= 0.6 is 0 Å². The van der Waals surface area contributed by atoms with Gasteiger partial charge in [-0.2, -0.15) is 10.4 Å². The van der Waals surface area contributed by atoms with Crippen LogP contribution in [0.25, 0.3) is 10.9 Å². The zero-order valence-corrected chi connectivity index (χ0v) is 14.1. The number of hydrogen-bond donors (Lipinski definition) is 3. The van der Waals surface area contributed by atoms with Crippen molar-refractivity contribution in [2.24, 2.45) is 0 Å². The van der Waals surface area contributed by atoms with Crippen LogP contribution in [0.2, 0.25) is 0 Å². The van der Waals surface area contributed by atoms with E-state index in [4.69, 9.17) is 0 Å². The van der Waals surface area contributed by atoms with Gasteiger partial charge in [0, 0.05) is 10.9 Å². The Morgan fingerprint density at radius 3 is 2.85 bits per heavy atom. The Balaban J connectivity index is 1.79. The second kappa shape index (κ2) is 5.42. The van der Waals surface area contributed by atoms with E-state index in [1.165, 1.54) is 4.90 Å².